The van der Waals surface area contributed by atoms with E-state index in [0.717, 1.165) is 25.9 Å². The zero-order valence-corrected chi connectivity index (χ0v) is 18.6. The lowest BCUT2D eigenvalue weighted by atomic mass is 9.60. The molecule has 4 aliphatic rings. The van der Waals surface area contributed by atoms with Crippen LogP contribution in [0.1, 0.15) is 72.1 Å². The van der Waals surface area contributed by atoms with Crippen LogP contribution >= 0.6 is 0 Å². The van der Waals surface area contributed by atoms with Crippen molar-refractivity contribution in [1.82, 2.24) is 19.4 Å². The molecule has 0 aromatic carbocycles. The first-order chi connectivity index (χ1) is 15.7. The third-order valence-corrected chi connectivity index (χ3v) is 7.93. The summed E-state index contributed by atoms with van der Waals surface area (Å²) in [5, 5.41) is 0. The number of rotatable bonds is 6. The van der Waals surface area contributed by atoms with Crippen molar-refractivity contribution < 1.29 is 22.7 Å². The molecule has 33 heavy (non-hydrogen) atoms. The standard InChI is InChI=1S/C24H27F3N4O2/c1-15-6-17(9-28-20(15)33-13-23(4-5-23)24(25,26)27)21(32)31-11-22(12-31)7-18(8-22)30-10-19(29-14-30)16-2-3-16/h6,9-10,14,16,18H,2-5,7-8,11-13H2,1H3. The Morgan fingerprint density at radius 1 is 1.21 bits per heavy atom. The van der Waals surface area contributed by atoms with Crippen LogP contribution in [-0.4, -0.2) is 51.2 Å². The second kappa shape index (κ2) is 6.96. The first kappa shape index (κ1) is 21.0. The summed E-state index contributed by atoms with van der Waals surface area (Å²) in [6.07, 6.45) is 6.08. The maximum Gasteiger partial charge on any atom is 0.397 e. The summed E-state index contributed by atoms with van der Waals surface area (Å²) < 4.78 is 46.9. The van der Waals surface area contributed by atoms with Gasteiger partial charge in [-0.15, -0.1) is 0 Å². The monoisotopic (exact) mass is 460 g/mol. The Labute approximate surface area is 190 Å². The molecular weight excluding hydrogens is 433 g/mol. The van der Waals surface area contributed by atoms with Gasteiger partial charge in [0, 0.05) is 48.4 Å². The van der Waals surface area contributed by atoms with E-state index >= 15 is 0 Å². The van der Waals surface area contributed by atoms with E-state index in [4.69, 9.17) is 4.74 Å². The van der Waals surface area contributed by atoms with E-state index in [9.17, 15) is 18.0 Å². The number of hydrogen-bond acceptors (Lipinski definition) is 4. The number of halogens is 3. The number of ether oxygens (including phenoxy) is 1. The molecule has 0 bridgehead atoms. The number of aryl methyl sites for hydroxylation is 1. The van der Waals surface area contributed by atoms with E-state index < -0.39 is 18.2 Å². The lowest BCUT2D eigenvalue weighted by Crippen LogP contribution is -2.63. The van der Waals surface area contributed by atoms with E-state index in [1.165, 1.54) is 24.7 Å². The van der Waals surface area contributed by atoms with Gasteiger partial charge in [-0.1, -0.05) is 0 Å². The lowest BCUT2D eigenvalue weighted by Gasteiger charge is -2.59. The summed E-state index contributed by atoms with van der Waals surface area (Å²) in [7, 11) is 0. The van der Waals surface area contributed by atoms with Crippen molar-refractivity contribution in [3.05, 3.63) is 41.6 Å². The summed E-state index contributed by atoms with van der Waals surface area (Å²) in [6, 6.07) is 2.13. The van der Waals surface area contributed by atoms with Crippen LogP contribution in [0.15, 0.2) is 24.8 Å². The van der Waals surface area contributed by atoms with Crippen LogP contribution in [0.5, 0.6) is 5.88 Å². The molecule has 1 aliphatic heterocycles. The van der Waals surface area contributed by atoms with Crippen molar-refractivity contribution in [1.29, 1.82) is 0 Å². The third-order valence-electron chi connectivity index (χ3n) is 7.93. The van der Waals surface area contributed by atoms with Gasteiger partial charge in [0.2, 0.25) is 5.88 Å². The Balaban J connectivity index is 1.02. The van der Waals surface area contributed by atoms with E-state index in [2.05, 4.69) is 20.7 Å². The van der Waals surface area contributed by atoms with E-state index in [1.807, 2.05) is 11.2 Å². The van der Waals surface area contributed by atoms with E-state index in [-0.39, 0.29) is 30.0 Å². The van der Waals surface area contributed by atoms with Gasteiger partial charge in [0.1, 0.15) is 12.0 Å². The largest absolute Gasteiger partial charge is 0.477 e. The molecule has 0 N–H and O–H groups in total. The SMILES string of the molecule is Cc1cc(C(=O)N2CC3(CC(n4cnc(C5CC5)c4)C3)C2)cnc1OCC1(C(F)(F)F)CC1. The lowest BCUT2D eigenvalue weighted by molar-refractivity contribution is -0.194. The number of aromatic nitrogens is 3. The molecule has 2 aromatic rings. The molecule has 9 heteroatoms. The molecular formula is C24H27F3N4O2. The highest BCUT2D eigenvalue weighted by Crippen LogP contribution is 2.57. The molecule has 0 atom stereocenters. The minimum absolute atomic E-state index is 0.0844. The number of hydrogen-bond donors (Lipinski definition) is 0. The molecule has 0 radical (unpaired) electrons. The van der Waals surface area contributed by atoms with Gasteiger partial charge in [0.05, 0.1) is 17.6 Å². The number of carbonyl (C=O) groups is 1. The van der Waals surface area contributed by atoms with Crippen molar-refractivity contribution in [2.24, 2.45) is 10.8 Å². The van der Waals surface area contributed by atoms with Crippen molar-refractivity contribution in [2.45, 2.75) is 63.6 Å². The van der Waals surface area contributed by atoms with Gasteiger partial charge in [-0.3, -0.25) is 4.79 Å². The Bertz CT molecular complexity index is 1090. The maximum absolute atomic E-state index is 13.1. The van der Waals surface area contributed by atoms with Crippen molar-refractivity contribution in [3.63, 3.8) is 0 Å². The minimum Gasteiger partial charge on any atom is -0.477 e. The molecule has 1 spiro atoms. The van der Waals surface area contributed by atoms with Crippen molar-refractivity contribution in [3.8, 4) is 5.88 Å². The van der Waals surface area contributed by atoms with Crippen LogP contribution in [0.3, 0.4) is 0 Å². The summed E-state index contributed by atoms with van der Waals surface area (Å²) in [5.41, 5.74) is 0.697. The zero-order valence-electron chi connectivity index (χ0n) is 18.6. The summed E-state index contributed by atoms with van der Waals surface area (Å²) in [6.45, 7) is 2.75. The predicted molar refractivity (Wildman–Crippen MR) is 113 cm³/mol. The first-order valence-electron chi connectivity index (χ1n) is 11.7. The Morgan fingerprint density at radius 3 is 2.55 bits per heavy atom. The highest BCUT2D eigenvalue weighted by atomic mass is 19.4. The molecule has 6 nitrogen and oxygen atoms in total. The Hall–Kier alpha value is -2.58. The smallest absolute Gasteiger partial charge is 0.397 e. The highest BCUT2D eigenvalue weighted by Gasteiger charge is 2.64. The molecule has 6 rings (SSSR count). The van der Waals surface area contributed by atoms with Crippen LogP contribution in [0.25, 0.3) is 0 Å². The van der Waals surface area contributed by atoms with Crippen LogP contribution in [0.2, 0.25) is 0 Å². The summed E-state index contributed by atoms with van der Waals surface area (Å²) in [4.78, 5) is 23.4. The average Bonchev–Trinajstić information content (AvgIpc) is 3.63. The number of carbonyl (C=O) groups excluding carboxylic acids is 1. The first-order valence-corrected chi connectivity index (χ1v) is 11.7. The fourth-order valence-electron chi connectivity index (χ4n) is 5.34. The fraction of sp³-hybridized carbons (Fsp3) is 0.625. The number of alkyl halides is 3. The Morgan fingerprint density at radius 2 is 1.94 bits per heavy atom. The molecule has 176 valence electrons. The number of nitrogens with zero attached hydrogens (tertiary/aromatic N) is 4. The number of likely N-dealkylation sites (tertiary alicyclic amines) is 1. The Kier molecular flexibility index (Phi) is 4.43. The van der Waals surface area contributed by atoms with Crippen LogP contribution in [-0.2, 0) is 0 Å². The molecule has 1 amide bonds. The normalized spacial score (nSPS) is 23.2. The molecule has 0 unspecified atom stereocenters. The van der Waals surface area contributed by atoms with Gasteiger partial charge in [0.25, 0.3) is 5.91 Å². The summed E-state index contributed by atoms with van der Waals surface area (Å²) >= 11 is 0. The van der Waals surface area contributed by atoms with Crippen molar-refractivity contribution in [2.75, 3.05) is 19.7 Å². The molecule has 1 saturated heterocycles. The quantitative estimate of drug-likeness (QED) is 0.629. The second-order valence-corrected chi connectivity index (χ2v) is 10.7. The molecule has 2 aromatic heterocycles. The van der Waals surface area contributed by atoms with Gasteiger partial charge in [-0.2, -0.15) is 13.2 Å². The van der Waals surface area contributed by atoms with Crippen molar-refractivity contribution >= 4 is 5.91 Å². The molecule has 3 aliphatic carbocycles. The maximum atomic E-state index is 13.1. The average molecular weight is 461 g/mol. The van der Waals surface area contributed by atoms with Crippen LogP contribution in [0, 0.1) is 17.8 Å². The topological polar surface area (TPSA) is 60.2 Å². The molecule has 3 saturated carbocycles. The van der Waals surface area contributed by atoms with Gasteiger partial charge in [0.15, 0.2) is 0 Å². The summed E-state index contributed by atoms with van der Waals surface area (Å²) in [5.74, 6) is 0.735. The molecule has 4 fully saturated rings. The van der Waals surface area contributed by atoms with Gasteiger partial charge < -0.3 is 14.2 Å². The second-order valence-electron chi connectivity index (χ2n) is 10.7. The van der Waals surface area contributed by atoms with E-state index in [0.29, 0.717) is 23.1 Å². The van der Waals surface area contributed by atoms with Gasteiger partial charge in [-0.25, -0.2) is 9.97 Å². The van der Waals surface area contributed by atoms with Gasteiger partial charge in [-0.05, 0) is 51.5 Å². The molecule has 3 heterocycles. The minimum atomic E-state index is -4.26. The highest BCUT2D eigenvalue weighted by molar-refractivity contribution is 5.94. The van der Waals surface area contributed by atoms with Gasteiger partial charge >= 0.3 is 6.18 Å². The third kappa shape index (κ3) is 3.60. The number of pyridine rings is 1. The van der Waals surface area contributed by atoms with Crippen LogP contribution < -0.4 is 4.74 Å². The zero-order chi connectivity index (χ0) is 23.0. The number of amides is 1. The fourth-order valence-corrected chi connectivity index (χ4v) is 5.34. The van der Waals surface area contributed by atoms with E-state index in [1.54, 1.807) is 13.0 Å². The van der Waals surface area contributed by atoms with Crippen LogP contribution in [0.4, 0.5) is 13.2 Å². The predicted octanol–water partition coefficient (Wildman–Crippen LogP) is 4.66. The number of imidazole rings is 1.